The number of quaternary nitrogens is 1. The standard InChI is InChI=1S/C26H28N4O6.HI/c1-15-5-7-17(8-6-15)29-25(32)18(24(31)28-26(29)33)12-27-13-19-21-16(9-10-30(19,2)3)11-20-22(23(21)34-4)36-14-35-20;/h5-8,11-12,19H,9-10,13-14H2,1-4H3,(H-,27,28,31,32,33);1H. The van der Waals surface area contributed by atoms with Gasteiger partial charge in [0.2, 0.25) is 18.4 Å². The number of aromatic hydroxyl groups is 1. The molecule has 10 nitrogen and oxygen atoms in total. The highest BCUT2D eigenvalue weighted by molar-refractivity contribution is 5.82. The molecule has 2 aromatic carbocycles. The van der Waals surface area contributed by atoms with Gasteiger partial charge in [0.1, 0.15) is 11.6 Å². The lowest BCUT2D eigenvalue weighted by molar-refractivity contribution is -0.921. The summed E-state index contributed by atoms with van der Waals surface area (Å²) in [4.78, 5) is 31.9. The topological polar surface area (TPSA) is 115 Å². The number of halogens is 1. The second kappa shape index (κ2) is 10.2. The zero-order valence-corrected chi connectivity index (χ0v) is 23.2. The van der Waals surface area contributed by atoms with Gasteiger partial charge in [0, 0.05) is 12.6 Å². The van der Waals surface area contributed by atoms with Crippen LogP contribution in [0.25, 0.3) is 5.69 Å². The molecule has 0 fully saturated rings. The molecule has 3 aromatic rings. The number of likely N-dealkylation sites (N-methyl/N-ethyl adjacent to an activating group) is 1. The van der Waals surface area contributed by atoms with Crippen molar-refractivity contribution in [3.8, 4) is 28.8 Å². The number of H-pyrrole nitrogens is 1. The summed E-state index contributed by atoms with van der Waals surface area (Å²) in [6.07, 6.45) is 2.17. The predicted molar refractivity (Wildman–Crippen MR) is 134 cm³/mol. The fourth-order valence-electron chi connectivity index (χ4n) is 4.91. The number of rotatable bonds is 5. The number of aryl methyl sites for hydroxylation is 1. The van der Waals surface area contributed by atoms with Gasteiger partial charge < -0.3 is 47.8 Å². The minimum Gasteiger partial charge on any atom is -1.00 e. The van der Waals surface area contributed by atoms with Gasteiger partial charge in [-0.1, -0.05) is 17.7 Å². The molecule has 2 aliphatic rings. The Labute approximate surface area is 230 Å². The van der Waals surface area contributed by atoms with Gasteiger partial charge in [-0.3, -0.25) is 14.8 Å². The fourth-order valence-corrected chi connectivity index (χ4v) is 4.91. The number of hydrogen-bond donors (Lipinski definition) is 2. The molecule has 11 heteroatoms. The molecule has 1 aromatic heterocycles. The first-order chi connectivity index (χ1) is 17.2. The number of hydrogen-bond acceptors (Lipinski definition) is 7. The van der Waals surface area contributed by atoms with Crippen molar-refractivity contribution in [3.05, 3.63) is 73.4 Å². The average molecular weight is 620 g/mol. The van der Waals surface area contributed by atoms with Gasteiger partial charge in [0.15, 0.2) is 11.5 Å². The van der Waals surface area contributed by atoms with Crippen molar-refractivity contribution in [2.45, 2.75) is 19.4 Å². The molecule has 2 N–H and O–H groups in total. The monoisotopic (exact) mass is 620 g/mol. The molecule has 0 amide bonds. The van der Waals surface area contributed by atoms with E-state index in [-0.39, 0.29) is 42.4 Å². The molecule has 0 saturated carbocycles. The van der Waals surface area contributed by atoms with Crippen molar-refractivity contribution < 1.29 is 47.8 Å². The average Bonchev–Trinajstić information content (AvgIpc) is 3.30. The third kappa shape index (κ3) is 4.73. The van der Waals surface area contributed by atoms with Gasteiger partial charge in [0.25, 0.3) is 5.56 Å². The number of methoxy groups -OCH3 is 1. The van der Waals surface area contributed by atoms with Crippen LogP contribution in [0, 0.1) is 6.92 Å². The molecule has 0 radical (unpaired) electrons. The quantitative estimate of drug-likeness (QED) is 0.217. The van der Waals surface area contributed by atoms with E-state index in [1.165, 1.54) is 6.21 Å². The number of nitrogens with zero attached hydrogens (tertiary/aromatic N) is 3. The van der Waals surface area contributed by atoms with Crippen LogP contribution in [0.3, 0.4) is 0 Å². The molecule has 37 heavy (non-hydrogen) atoms. The Morgan fingerprint density at radius 3 is 2.68 bits per heavy atom. The van der Waals surface area contributed by atoms with Gasteiger partial charge >= 0.3 is 5.69 Å². The van der Waals surface area contributed by atoms with Crippen LogP contribution in [-0.2, 0) is 6.42 Å². The maximum absolute atomic E-state index is 12.6. The van der Waals surface area contributed by atoms with E-state index in [2.05, 4.69) is 24.1 Å². The molecule has 1 unspecified atom stereocenters. The molecule has 0 bridgehead atoms. The summed E-state index contributed by atoms with van der Waals surface area (Å²) < 4.78 is 18.7. The summed E-state index contributed by atoms with van der Waals surface area (Å²) in [6, 6.07) is 8.94. The minimum absolute atomic E-state index is 0. The first-order valence-electron chi connectivity index (χ1n) is 11.7. The molecular formula is C26H29IN4O6. The second-order valence-electron chi connectivity index (χ2n) is 9.65. The smallest absolute Gasteiger partial charge is 0.335 e. The zero-order valence-electron chi connectivity index (χ0n) is 21.1. The number of aromatic amines is 1. The fraction of sp³-hybridized carbons (Fsp3) is 0.346. The first kappa shape index (κ1) is 26.7. The van der Waals surface area contributed by atoms with E-state index < -0.39 is 17.1 Å². The highest BCUT2D eigenvalue weighted by Gasteiger charge is 2.41. The Morgan fingerprint density at radius 1 is 1.24 bits per heavy atom. The van der Waals surface area contributed by atoms with E-state index >= 15 is 0 Å². The van der Waals surface area contributed by atoms with Gasteiger partial charge in [-0.05, 0) is 30.7 Å². The van der Waals surface area contributed by atoms with Crippen LogP contribution in [0.5, 0.6) is 23.1 Å². The van der Waals surface area contributed by atoms with Gasteiger partial charge in [-0.2, -0.15) is 0 Å². The molecular weight excluding hydrogens is 591 g/mol. The third-order valence-corrected chi connectivity index (χ3v) is 6.99. The third-order valence-electron chi connectivity index (χ3n) is 6.99. The molecule has 3 heterocycles. The van der Waals surface area contributed by atoms with Crippen LogP contribution in [0.2, 0.25) is 0 Å². The number of benzene rings is 2. The van der Waals surface area contributed by atoms with Crippen molar-refractivity contribution in [1.29, 1.82) is 0 Å². The molecule has 0 aliphatic carbocycles. The van der Waals surface area contributed by atoms with Crippen molar-refractivity contribution >= 4 is 6.21 Å². The highest BCUT2D eigenvalue weighted by Crippen LogP contribution is 2.50. The molecule has 0 saturated heterocycles. The van der Waals surface area contributed by atoms with Crippen LogP contribution >= 0.6 is 0 Å². The van der Waals surface area contributed by atoms with E-state index in [4.69, 9.17) is 14.2 Å². The Morgan fingerprint density at radius 2 is 1.97 bits per heavy atom. The highest BCUT2D eigenvalue weighted by atomic mass is 127. The maximum Gasteiger partial charge on any atom is 0.335 e. The summed E-state index contributed by atoms with van der Waals surface area (Å²) >= 11 is 0. The summed E-state index contributed by atoms with van der Waals surface area (Å²) in [6.45, 7) is 3.26. The SMILES string of the molecule is COc1c2c(cc3c1C(CN=Cc1c(O)n(-c4ccc(C)cc4)c(=O)[nH]c1=O)[N+](C)(C)CC3)OCO2.[I-]. The van der Waals surface area contributed by atoms with Crippen molar-refractivity contribution in [1.82, 2.24) is 9.55 Å². The lowest BCUT2D eigenvalue weighted by atomic mass is 9.89. The van der Waals surface area contributed by atoms with Crippen LogP contribution in [0.4, 0.5) is 0 Å². The Bertz CT molecular complexity index is 1480. The number of fused-ring (bicyclic) bond motifs is 2. The lowest BCUT2D eigenvalue weighted by Gasteiger charge is -2.42. The minimum atomic E-state index is -0.724. The van der Waals surface area contributed by atoms with E-state index in [1.807, 2.05) is 25.1 Å². The molecule has 0 spiro atoms. The lowest BCUT2D eigenvalue weighted by Crippen LogP contribution is -3.00. The molecule has 1 atom stereocenters. The number of ether oxygens (including phenoxy) is 3. The van der Waals surface area contributed by atoms with Crippen molar-refractivity contribution in [2.24, 2.45) is 4.99 Å². The van der Waals surface area contributed by atoms with Gasteiger partial charge in [-0.15, -0.1) is 0 Å². The van der Waals surface area contributed by atoms with Crippen LogP contribution in [0.1, 0.15) is 28.3 Å². The van der Waals surface area contributed by atoms with Crippen LogP contribution in [-0.4, -0.2) is 66.4 Å². The Hall–Kier alpha value is -3.32. The number of aromatic nitrogens is 2. The first-order valence-corrected chi connectivity index (χ1v) is 11.7. The number of nitrogens with one attached hydrogen (secondary N) is 1. The van der Waals surface area contributed by atoms with E-state index in [0.29, 0.717) is 34.0 Å². The second-order valence-corrected chi connectivity index (χ2v) is 9.65. The summed E-state index contributed by atoms with van der Waals surface area (Å²) in [5.41, 5.74) is 2.04. The number of aliphatic imine (C=N–C) groups is 1. The van der Waals surface area contributed by atoms with Crippen LogP contribution < -0.4 is 49.4 Å². The van der Waals surface area contributed by atoms with E-state index in [9.17, 15) is 14.7 Å². The maximum atomic E-state index is 12.6. The Balaban J connectivity index is 0.00000320. The summed E-state index contributed by atoms with van der Waals surface area (Å²) in [7, 11) is 5.85. The van der Waals surface area contributed by atoms with Gasteiger partial charge in [0.05, 0.1) is 45.5 Å². The molecule has 196 valence electrons. The van der Waals surface area contributed by atoms with E-state index in [0.717, 1.165) is 34.2 Å². The van der Waals surface area contributed by atoms with Crippen molar-refractivity contribution in [3.63, 3.8) is 0 Å². The molecule has 5 rings (SSSR count). The predicted octanol–water partition coefficient (Wildman–Crippen LogP) is -0.926. The van der Waals surface area contributed by atoms with Crippen LogP contribution in [0.15, 0.2) is 44.9 Å². The largest absolute Gasteiger partial charge is 1.00 e. The zero-order chi connectivity index (χ0) is 25.6. The summed E-state index contributed by atoms with van der Waals surface area (Å²) in [5, 5.41) is 10.9. The Kier molecular flexibility index (Phi) is 7.38. The molecule has 2 aliphatic heterocycles. The normalized spacial score (nSPS) is 17.4. The van der Waals surface area contributed by atoms with E-state index in [1.54, 1.807) is 19.2 Å². The van der Waals surface area contributed by atoms with Crippen molar-refractivity contribution in [2.75, 3.05) is 41.1 Å². The van der Waals surface area contributed by atoms with Gasteiger partial charge in [-0.25, -0.2) is 9.36 Å². The summed E-state index contributed by atoms with van der Waals surface area (Å²) in [5.74, 6) is 1.44.